The fourth-order valence-corrected chi connectivity index (χ4v) is 1.71. The zero-order valence-electron chi connectivity index (χ0n) is 9.22. The van der Waals surface area contributed by atoms with Crippen molar-refractivity contribution in [3.8, 4) is 0 Å². The summed E-state index contributed by atoms with van der Waals surface area (Å²) in [5.41, 5.74) is 0.845. The maximum atomic E-state index is 10.4. The fraction of sp³-hybridized carbons (Fsp3) is 0.545. The van der Waals surface area contributed by atoms with E-state index in [0.29, 0.717) is 5.92 Å². The van der Waals surface area contributed by atoms with Crippen LogP contribution in [0.1, 0.15) is 19.8 Å². The van der Waals surface area contributed by atoms with Gasteiger partial charge in [0.1, 0.15) is 0 Å². The summed E-state index contributed by atoms with van der Waals surface area (Å²) in [6.07, 6.45) is 4.18. The minimum absolute atomic E-state index is 0.110. The van der Waals surface area contributed by atoms with Gasteiger partial charge in [-0.2, -0.15) is 0 Å². The third kappa shape index (κ3) is 2.68. The second-order valence-corrected chi connectivity index (χ2v) is 4.36. The monoisotopic (exact) mass is 221 g/mol. The molecule has 1 atom stereocenters. The van der Waals surface area contributed by atoms with Gasteiger partial charge in [-0.15, -0.1) is 0 Å². The van der Waals surface area contributed by atoms with E-state index in [1.54, 1.807) is 6.07 Å². The average molecular weight is 221 g/mol. The molecule has 1 aromatic heterocycles. The smallest absolute Gasteiger partial charge is 0.363 e. The number of aromatic nitrogens is 1. The number of pyridine rings is 1. The highest BCUT2D eigenvalue weighted by atomic mass is 16.6. The quantitative estimate of drug-likeness (QED) is 0.612. The zero-order valence-corrected chi connectivity index (χ0v) is 9.22. The lowest BCUT2D eigenvalue weighted by molar-refractivity contribution is -0.389. The Balaban J connectivity index is 1.86. The minimum Gasteiger partial charge on any atom is -0.382 e. The first-order valence-electron chi connectivity index (χ1n) is 5.51. The summed E-state index contributed by atoms with van der Waals surface area (Å²) < 4.78 is 0. The molecule has 0 aromatic carbocycles. The van der Waals surface area contributed by atoms with Gasteiger partial charge in [-0.3, -0.25) is 0 Å². The van der Waals surface area contributed by atoms with Gasteiger partial charge < -0.3 is 15.4 Å². The van der Waals surface area contributed by atoms with Gasteiger partial charge in [-0.05, 0) is 40.7 Å². The van der Waals surface area contributed by atoms with Crippen molar-refractivity contribution in [2.24, 2.45) is 11.8 Å². The Labute approximate surface area is 94.0 Å². The van der Waals surface area contributed by atoms with Crippen LogP contribution in [0.25, 0.3) is 0 Å². The Morgan fingerprint density at radius 3 is 2.88 bits per heavy atom. The van der Waals surface area contributed by atoms with E-state index in [2.05, 4.69) is 17.2 Å². The normalized spacial score (nSPS) is 16.8. The van der Waals surface area contributed by atoms with Gasteiger partial charge in [-0.1, -0.05) is 6.92 Å². The van der Waals surface area contributed by atoms with Crippen LogP contribution in [-0.2, 0) is 0 Å². The molecule has 1 N–H and O–H groups in total. The number of rotatable bonds is 5. The molecule has 2 rings (SSSR count). The molecule has 1 aliphatic rings. The Hall–Kier alpha value is -1.65. The molecule has 86 valence electrons. The number of hydrogen-bond acceptors (Lipinski definition) is 4. The molecule has 5 heteroatoms. The number of hydrogen-bond donors (Lipinski definition) is 1. The largest absolute Gasteiger partial charge is 0.382 e. The van der Waals surface area contributed by atoms with Crippen molar-refractivity contribution in [2.75, 3.05) is 11.9 Å². The van der Waals surface area contributed by atoms with Crippen LogP contribution in [0, 0.1) is 22.0 Å². The number of nitrogens with one attached hydrogen (secondary N) is 1. The molecular formula is C11H15N3O2. The summed E-state index contributed by atoms with van der Waals surface area (Å²) in [5.74, 6) is 1.41. The predicted molar refractivity (Wildman–Crippen MR) is 61.3 cm³/mol. The summed E-state index contributed by atoms with van der Waals surface area (Å²) in [5, 5.41) is 13.6. The van der Waals surface area contributed by atoms with Gasteiger partial charge in [-0.25, -0.2) is 0 Å². The van der Waals surface area contributed by atoms with Crippen molar-refractivity contribution < 1.29 is 4.92 Å². The van der Waals surface area contributed by atoms with Crippen LogP contribution in [0.2, 0.25) is 0 Å². The first-order chi connectivity index (χ1) is 7.66. The molecule has 1 aliphatic carbocycles. The summed E-state index contributed by atoms with van der Waals surface area (Å²) in [7, 11) is 0. The van der Waals surface area contributed by atoms with Gasteiger partial charge in [0.25, 0.3) is 0 Å². The number of anilines is 1. The van der Waals surface area contributed by atoms with Crippen molar-refractivity contribution in [3.05, 3.63) is 28.4 Å². The summed E-state index contributed by atoms with van der Waals surface area (Å²) in [4.78, 5) is 13.7. The third-order valence-corrected chi connectivity index (χ3v) is 2.99. The second-order valence-electron chi connectivity index (χ2n) is 4.36. The fourth-order valence-electron chi connectivity index (χ4n) is 1.71. The lowest BCUT2D eigenvalue weighted by Gasteiger charge is -2.11. The number of nitrogens with zero attached hydrogens (tertiary/aromatic N) is 2. The van der Waals surface area contributed by atoms with E-state index in [0.717, 1.165) is 18.2 Å². The van der Waals surface area contributed by atoms with Gasteiger partial charge in [0.2, 0.25) is 0 Å². The predicted octanol–water partition coefficient (Wildman–Crippen LogP) is 2.45. The Bertz CT molecular complexity index is 373. The molecule has 0 saturated heterocycles. The molecule has 16 heavy (non-hydrogen) atoms. The highest BCUT2D eigenvalue weighted by molar-refractivity contribution is 5.43. The molecular weight excluding hydrogens is 206 g/mol. The molecule has 1 unspecified atom stereocenters. The molecule has 1 aromatic rings. The first-order valence-corrected chi connectivity index (χ1v) is 5.51. The van der Waals surface area contributed by atoms with Gasteiger partial charge in [0.05, 0.1) is 5.69 Å². The van der Waals surface area contributed by atoms with Crippen LogP contribution in [0.15, 0.2) is 18.3 Å². The van der Waals surface area contributed by atoms with E-state index in [1.165, 1.54) is 25.1 Å². The lowest BCUT2D eigenvalue weighted by Crippen LogP contribution is -2.12. The molecule has 1 fully saturated rings. The Kier molecular flexibility index (Phi) is 3.03. The van der Waals surface area contributed by atoms with E-state index in [-0.39, 0.29) is 5.82 Å². The minimum atomic E-state index is -0.489. The summed E-state index contributed by atoms with van der Waals surface area (Å²) in [6.45, 7) is 3.13. The Morgan fingerprint density at radius 1 is 1.62 bits per heavy atom. The molecule has 0 bridgehead atoms. The van der Waals surface area contributed by atoms with Crippen LogP contribution in [0.3, 0.4) is 0 Å². The van der Waals surface area contributed by atoms with Gasteiger partial charge >= 0.3 is 5.82 Å². The zero-order chi connectivity index (χ0) is 11.5. The van der Waals surface area contributed by atoms with E-state index >= 15 is 0 Å². The van der Waals surface area contributed by atoms with E-state index < -0.39 is 4.92 Å². The molecule has 1 heterocycles. The maximum absolute atomic E-state index is 10.4. The van der Waals surface area contributed by atoms with E-state index in [9.17, 15) is 10.1 Å². The van der Waals surface area contributed by atoms with Crippen molar-refractivity contribution in [2.45, 2.75) is 19.8 Å². The highest BCUT2D eigenvalue weighted by Crippen LogP contribution is 2.36. The van der Waals surface area contributed by atoms with Gasteiger partial charge in [0.15, 0.2) is 6.20 Å². The summed E-state index contributed by atoms with van der Waals surface area (Å²) >= 11 is 0. The lowest BCUT2D eigenvalue weighted by atomic mass is 10.1. The van der Waals surface area contributed by atoms with Gasteiger partial charge in [0, 0.05) is 12.6 Å². The van der Waals surface area contributed by atoms with Crippen molar-refractivity contribution in [1.82, 2.24) is 4.98 Å². The molecule has 0 spiro atoms. The van der Waals surface area contributed by atoms with Crippen LogP contribution < -0.4 is 5.32 Å². The topological polar surface area (TPSA) is 68.1 Å². The molecule has 1 saturated carbocycles. The van der Waals surface area contributed by atoms with Crippen LogP contribution in [0.4, 0.5) is 11.5 Å². The van der Waals surface area contributed by atoms with Crippen molar-refractivity contribution in [1.29, 1.82) is 0 Å². The van der Waals surface area contributed by atoms with E-state index in [4.69, 9.17) is 0 Å². The Morgan fingerprint density at radius 2 is 2.38 bits per heavy atom. The molecule has 0 radical (unpaired) electrons. The van der Waals surface area contributed by atoms with Crippen LogP contribution in [-0.4, -0.2) is 16.5 Å². The number of nitro groups is 1. The van der Waals surface area contributed by atoms with Crippen LogP contribution >= 0.6 is 0 Å². The highest BCUT2D eigenvalue weighted by Gasteiger charge is 2.27. The average Bonchev–Trinajstić information content (AvgIpc) is 3.10. The SMILES string of the molecule is CC(CNc1ccc([N+](=O)[O-])nc1)C1CC1. The van der Waals surface area contributed by atoms with Crippen molar-refractivity contribution >= 4 is 11.5 Å². The molecule has 0 amide bonds. The summed E-state index contributed by atoms with van der Waals surface area (Å²) in [6, 6.07) is 3.12. The standard InChI is InChI=1S/C11H15N3O2/c1-8(9-2-3-9)6-12-10-4-5-11(13-7-10)14(15)16/h4-5,7-9,12H,2-3,6H2,1H3. The first kappa shape index (κ1) is 10.9. The van der Waals surface area contributed by atoms with E-state index in [1.807, 2.05) is 0 Å². The van der Waals surface area contributed by atoms with Crippen LogP contribution in [0.5, 0.6) is 0 Å². The maximum Gasteiger partial charge on any atom is 0.363 e. The van der Waals surface area contributed by atoms with Crippen molar-refractivity contribution in [3.63, 3.8) is 0 Å². The molecule has 0 aliphatic heterocycles. The second kappa shape index (κ2) is 4.47. The molecule has 5 nitrogen and oxygen atoms in total. The third-order valence-electron chi connectivity index (χ3n) is 2.99.